The maximum atomic E-state index is 9.72. The Hall–Kier alpha value is -0.160. The van der Waals surface area contributed by atoms with Crippen molar-refractivity contribution in [2.45, 2.75) is 0 Å². The minimum absolute atomic E-state index is 0.111. The highest BCUT2D eigenvalue weighted by atomic mass is 17.1. The molecule has 0 aromatic carbocycles. The van der Waals surface area contributed by atoms with Gasteiger partial charge in [0.25, 0.3) is 0 Å². The van der Waals surface area contributed by atoms with Gasteiger partial charge in [-0.05, 0) is 0 Å². The molecular weight excluding hydrogens is 86.0 g/mol. The molecular formula is C2H4NO3-. The third kappa shape index (κ3) is 0.662. The summed E-state index contributed by atoms with van der Waals surface area (Å²) in [4.78, 5) is 8.42. The Bertz CT molecular complexity index is 42.1. The van der Waals surface area contributed by atoms with Gasteiger partial charge >= 0.3 is 0 Å². The van der Waals surface area contributed by atoms with Crippen LogP contribution in [0.15, 0.2) is 0 Å². The van der Waals surface area contributed by atoms with E-state index in [4.69, 9.17) is 0 Å². The van der Waals surface area contributed by atoms with Crippen molar-refractivity contribution >= 4 is 0 Å². The van der Waals surface area contributed by atoms with Crippen molar-refractivity contribution < 1.29 is 9.68 Å². The van der Waals surface area contributed by atoms with Gasteiger partial charge in [-0.1, -0.05) is 0 Å². The molecule has 0 unspecified atom stereocenters. The van der Waals surface area contributed by atoms with E-state index < -0.39 is 0 Å². The molecule has 0 bridgehead atoms. The van der Waals surface area contributed by atoms with Crippen molar-refractivity contribution in [1.29, 1.82) is 0 Å². The molecule has 0 aliphatic carbocycles. The summed E-state index contributed by atoms with van der Waals surface area (Å²) in [6.45, 7) is 0.757. The second-order valence-corrected chi connectivity index (χ2v) is 0.890. The summed E-state index contributed by atoms with van der Waals surface area (Å²) < 4.78 is 0. The zero-order valence-corrected chi connectivity index (χ0v) is 3.09. The van der Waals surface area contributed by atoms with Crippen LogP contribution in [0.1, 0.15) is 0 Å². The number of hydrogen-bond donors (Lipinski definition) is 0. The molecule has 1 rings (SSSR count). The normalized spacial score (nSPS) is 25.5. The maximum Gasteiger partial charge on any atom is 0.0954 e. The molecule has 1 aliphatic rings. The minimum Gasteiger partial charge on any atom is -0.738 e. The van der Waals surface area contributed by atoms with E-state index in [0.717, 1.165) is 0 Å². The largest absolute Gasteiger partial charge is 0.738 e. The molecule has 0 aromatic rings. The number of rotatable bonds is 0. The van der Waals surface area contributed by atoms with E-state index in [2.05, 4.69) is 9.68 Å². The van der Waals surface area contributed by atoms with Crippen molar-refractivity contribution in [3.05, 3.63) is 5.21 Å². The first-order valence-corrected chi connectivity index (χ1v) is 1.63. The fraction of sp³-hybridized carbons (Fsp3) is 1.00. The first kappa shape index (κ1) is 4.01. The zero-order valence-electron chi connectivity index (χ0n) is 3.09. The molecule has 1 aliphatic heterocycles. The van der Waals surface area contributed by atoms with E-state index in [1.54, 1.807) is 0 Å². The van der Waals surface area contributed by atoms with Crippen molar-refractivity contribution in [3.63, 3.8) is 0 Å². The molecule has 0 radical (unpaired) electrons. The van der Waals surface area contributed by atoms with Gasteiger partial charge in [-0.2, -0.15) is 0 Å². The molecule has 0 aromatic heterocycles. The molecule has 0 atom stereocenters. The summed E-state index contributed by atoms with van der Waals surface area (Å²) in [5.41, 5.74) is 0. The van der Waals surface area contributed by atoms with Gasteiger partial charge in [-0.3, -0.25) is 9.68 Å². The average molecular weight is 90.1 g/mol. The van der Waals surface area contributed by atoms with E-state index in [1.165, 1.54) is 0 Å². The molecule has 4 heteroatoms. The van der Waals surface area contributed by atoms with Crippen LogP contribution in [0.4, 0.5) is 0 Å². The molecule has 0 saturated carbocycles. The van der Waals surface area contributed by atoms with Crippen molar-refractivity contribution in [3.8, 4) is 0 Å². The molecule has 1 saturated heterocycles. The maximum absolute atomic E-state index is 9.72. The smallest absolute Gasteiger partial charge is 0.0954 e. The third-order valence-electron chi connectivity index (χ3n) is 0.477. The van der Waals surface area contributed by atoms with Crippen molar-refractivity contribution in [2.75, 3.05) is 13.2 Å². The van der Waals surface area contributed by atoms with E-state index in [-0.39, 0.29) is 5.39 Å². The van der Waals surface area contributed by atoms with Gasteiger partial charge in [0.2, 0.25) is 0 Å². The number of nitrogens with zero attached hydrogens (tertiary/aromatic N) is 1. The van der Waals surface area contributed by atoms with E-state index in [1.807, 2.05) is 0 Å². The van der Waals surface area contributed by atoms with Gasteiger partial charge in [-0.15, -0.1) is 5.39 Å². The van der Waals surface area contributed by atoms with Crippen LogP contribution in [-0.2, 0) is 9.68 Å². The molecule has 0 N–H and O–H groups in total. The van der Waals surface area contributed by atoms with Gasteiger partial charge in [0.1, 0.15) is 0 Å². The van der Waals surface area contributed by atoms with E-state index >= 15 is 0 Å². The summed E-state index contributed by atoms with van der Waals surface area (Å²) in [6.07, 6.45) is 0. The highest BCUT2D eigenvalue weighted by Gasteiger charge is 1.99. The summed E-state index contributed by atoms with van der Waals surface area (Å²) in [7, 11) is 0. The fourth-order valence-corrected chi connectivity index (χ4v) is 0.261. The lowest BCUT2D eigenvalue weighted by molar-refractivity contribution is -0.260. The van der Waals surface area contributed by atoms with Crippen LogP contribution in [-0.4, -0.2) is 18.6 Å². The summed E-state index contributed by atoms with van der Waals surface area (Å²) >= 11 is 0. The Balaban J connectivity index is 2.18. The Morgan fingerprint density at radius 1 is 1.33 bits per heavy atom. The SMILES string of the molecule is [O-]N1OCCO1. The molecule has 1 fully saturated rings. The standard InChI is InChI=1S/C2H4NO3/c4-3-5-1-2-6-3/h1-2H2/q-1. The topological polar surface area (TPSA) is 44.8 Å². The molecule has 1 heterocycles. The van der Waals surface area contributed by atoms with Crippen LogP contribution in [0.5, 0.6) is 0 Å². The second-order valence-electron chi connectivity index (χ2n) is 0.890. The highest BCUT2D eigenvalue weighted by Crippen LogP contribution is 1.95. The van der Waals surface area contributed by atoms with Crippen LogP contribution in [0.2, 0.25) is 0 Å². The molecule has 6 heavy (non-hydrogen) atoms. The van der Waals surface area contributed by atoms with Crippen LogP contribution < -0.4 is 0 Å². The lowest BCUT2D eigenvalue weighted by Crippen LogP contribution is -2.04. The number of hydrogen-bond acceptors (Lipinski definition) is 4. The monoisotopic (exact) mass is 90.0 g/mol. The van der Waals surface area contributed by atoms with Crippen molar-refractivity contribution in [1.82, 2.24) is 5.39 Å². The summed E-state index contributed by atoms with van der Waals surface area (Å²) in [6, 6.07) is 0. The average Bonchev–Trinajstić information content (AvgIpc) is 1.86. The molecule has 4 nitrogen and oxygen atoms in total. The van der Waals surface area contributed by atoms with Crippen LogP contribution in [0.25, 0.3) is 0 Å². The third-order valence-corrected chi connectivity index (χ3v) is 0.477. The lowest BCUT2D eigenvalue weighted by atomic mass is 10.8. The molecule has 36 valence electrons. The van der Waals surface area contributed by atoms with Gasteiger partial charge in [0.15, 0.2) is 0 Å². The van der Waals surface area contributed by atoms with E-state index in [0.29, 0.717) is 13.2 Å². The first-order valence-electron chi connectivity index (χ1n) is 1.63. The fourth-order valence-electron chi connectivity index (χ4n) is 0.261. The zero-order chi connectivity index (χ0) is 4.41. The Morgan fingerprint density at radius 2 is 1.83 bits per heavy atom. The van der Waals surface area contributed by atoms with Gasteiger partial charge in [0.05, 0.1) is 13.2 Å². The van der Waals surface area contributed by atoms with Crippen LogP contribution in [0.3, 0.4) is 0 Å². The summed E-state index contributed by atoms with van der Waals surface area (Å²) in [5.74, 6) is 0. The van der Waals surface area contributed by atoms with Gasteiger partial charge in [0, 0.05) is 0 Å². The van der Waals surface area contributed by atoms with Gasteiger partial charge in [-0.25, -0.2) is 0 Å². The van der Waals surface area contributed by atoms with Crippen molar-refractivity contribution in [2.24, 2.45) is 0 Å². The Labute approximate surface area is 34.7 Å². The minimum atomic E-state index is 0.111. The first-order chi connectivity index (χ1) is 2.89. The Kier molecular flexibility index (Phi) is 1.02. The second kappa shape index (κ2) is 1.53. The quantitative estimate of drug-likeness (QED) is 0.408. The highest BCUT2D eigenvalue weighted by molar-refractivity contribution is 4.31. The molecule has 0 spiro atoms. The van der Waals surface area contributed by atoms with E-state index in [9.17, 15) is 5.21 Å². The lowest BCUT2D eigenvalue weighted by Gasteiger charge is -2.14. The van der Waals surface area contributed by atoms with Crippen LogP contribution in [0, 0.1) is 5.21 Å². The summed E-state index contributed by atoms with van der Waals surface area (Å²) in [5, 5.41) is 9.83. The molecule has 0 amide bonds. The van der Waals surface area contributed by atoms with Crippen LogP contribution >= 0.6 is 0 Å². The predicted molar refractivity (Wildman–Crippen MR) is 17.1 cm³/mol. The van der Waals surface area contributed by atoms with Gasteiger partial charge < -0.3 is 5.21 Å². The Morgan fingerprint density at radius 3 is 2.00 bits per heavy atom. The predicted octanol–water partition coefficient (Wildman–Crippen LogP) is -0.337.